The first-order valence-electron chi connectivity index (χ1n) is 5.15. The van der Waals surface area contributed by atoms with E-state index in [0.29, 0.717) is 12.0 Å². The number of hydrogen-bond donors (Lipinski definition) is 0. The van der Waals surface area contributed by atoms with Crippen LogP contribution in [0.15, 0.2) is 28.3 Å². The largest absolute Gasteiger partial charge is 0.294 e. The molecule has 13 heavy (non-hydrogen) atoms. The molecular weight excluding hydrogens is 158 g/mol. The third-order valence-corrected chi connectivity index (χ3v) is 2.98. The molecule has 0 aromatic heterocycles. The van der Waals surface area contributed by atoms with Crippen molar-refractivity contribution in [3.05, 3.63) is 23.3 Å². The molecule has 0 saturated carbocycles. The molecule has 1 aliphatic heterocycles. The van der Waals surface area contributed by atoms with Crippen molar-refractivity contribution < 1.29 is 0 Å². The maximum absolute atomic E-state index is 4.43. The summed E-state index contributed by atoms with van der Waals surface area (Å²) in [6.07, 6.45) is 10.4. The second-order valence-electron chi connectivity index (χ2n) is 4.24. The van der Waals surface area contributed by atoms with Crippen LogP contribution in [0.1, 0.15) is 33.1 Å². The van der Waals surface area contributed by atoms with Gasteiger partial charge in [0.1, 0.15) is 0 Å². The van der Waals surface area contributed by atoms with E-state index in [1.54, 1.807) is 5.57 Å². The molecule has 1 unspecified atom stereocenters. The van der Waals surface area contributed by atoms with Gasteiger partial charge in [-0.05, 0) is 33.1 Å². The van der Waals surface area contributed by atoms with E-state index in [9.17, 15) is 0 Å². The lowest BCUT2D eigenvalue weighted by Gasteiger charge is -2.16. The summed E-state index contributed by atoms with van der Waals surface area (Å²) in [7, 11) is 0. The van der Waals surface area contributed by atoms with Gasteiger partial charge in [-0.1, -0.05) is 23.3 Å². The van der Waals surface area contributed by atoms with Crippen LogP contribution in [-0.4, -0.2) is 12.3 Å². The average molecular weight is 175 g/mol. The van der Waals surface area contributed by atoms with Crippen LogP contribution < -0.4 is 0 Å². The minimum Gasteiger partial charge on any atom is -0.294 e. The highest BCUT2D eigenvalue weighted by atomic mass is 14.8. The topological polar surface area (TPSA) is 12.4 Å². The first-order chi connectivity index (χ1) is 6.25. The molecule has 0 amide bonds. The van der Waals surface area contributed by atoms with E-state index in [4.69, 9.17) is 0 Å². The quantitative estimate of drug-likeness (QED) is 0.580. The summed E-state index contributed by atoms with van der Waals surface area (Å²) in [5.41, 5.74) is 3.09. The molecule has 2 rings (SSSR count). The molecule has 2 atom stereocenters. The number of aliphatic imine (C=N–C) groups is 1. The molecule has 1 heteroatoms. The molecule has 1 heterocycles. The molecule has 0 aromatic carbocycles. The van der Waals surface area contributed by atoms with Gasteiger partial charge in [0, 0.05) is 18.2 Å². The highest BCUT2D eigenvalue weighted by molar-refractivity contribution is 5.68. The van der Waals surface area contributed by atoms with Crippen LogP contribution >= 0.6 is 0 Å². The van der Waals surface area contributed by atoms with Crippen LogP contribution in [0.2, 0.25) is 0 Å². The standard InChI is InChI=1S/C12H17N/c1-9-3-5-11(6-4-9)12-7-10(2)13-8-12/h3,5,8,10,12H,4,6-7H2,1-2H3/t10-,12?/m1/s1. The number of allylic oxidation sites excluding steroid dienone is 4. The molecule has 0 saturated heterocycles. The second-order valence-corrected chi connectivity index (χ2v) is 4.24. The molecule has 0 spiro atoms. The van der Waals surface area contributed by atoms with Crippen molar-refractivity contribution in [2.24, 2.45) is 10.9 Å². The van der Waals surface area contributed by atoms with Crippen LogP contribution in [0.5, 0.6) is 0 Å². The van der Waals surface area contributed by atoms with Gasteiger partial charge >= 0.3 is 0 Å². The molecule has 1 aliphatic carbocycles. The first kappa shape index (κ1) is 8.74. The SMILES string of the molecule is CC1=CC=C(C2C=N[C@H](C)C2)CC1. The third kappa shape index (κ3) is 1.90. The zero-order chi connectivity index (χ0) is 9.26. The Kier molecular flexibility index (Phi) is 2.34. The number of rotatable bonds is 1. The Morgan fingerprint density at radius 3 is 2.69 bits per heavy atom. The Balaban J connectivity index is 2.07. The van der Waals surface area contributed by atoms with Crippen LogP contribution in [0.4, 0.5) is 0 Å². The molecule has 0 bridgehead atoms. The fourth-order valence-electron chi connectivity index (χ4n) is 2.05. The Bertz CT molecular complexity index is 283. The first-order valence-corrected chi connectivity index (χ1v) is 5.15. The van der Waals surface area contributed by atoms with E-state index in [0.717, 1.165) is 0 Å². The molecule has 0 N–H and O–H groups in total. The summed E-state index contributed by atoms with van der Waals surface area (Å²) in [6.45, 7) is 4.40. The van der Waals surface area contributed by atoms with Crippen molar-refractivity contribution in [2.45, 2.75) is 39.2 Å². The van der Waals surface area contributed by atoms with Gasteiger partial charge in [-0.2, -0.15) is 0 Å². The molecule has 1 nitrogen and oxygen atoms in total. The fourth-order valence-corrected chi connectivity index (χ4v) is 2.05. The van der Waals surface area contributed by atoms with E-state index >= 15 is 0 Å². The summed E-state index contributed by atoms with van der Waals surface area (Å²) in [5, 5.41) is 0. The van der Waals surface area contributed by atoms with Gasteiger partial charge in [0.2, 0.25) is 0 Å². The number of nitrogens with zero attached hydrogens (tertiary/aromatic N) is 1. The van der Waals surface area contributed by atoms with Crippen molar-refractivity contribution in [1.29, 1.82) is 0 Å². The van der Waals surface area contributed by atoms with Crippen LogP contribution in [0, 0.1) is 5.92 Å². The van der Waals surface area contributed by atoms with Crippen molar-refractivity contribution >= 4 is 6.21 Å². The van der Waals surface area contributed by atoms with E-state index in [2.05, 4.69) is 37.2 Å². The maximum Gasteiger partial charge on any atom is 0.0477 e. The zero-order valence-electron chi connectivity index (χ0n) is 8.46. The lowest BCUT2D eigenvalue weighted by Crippen LogP contribution is -2.06. The molecule has 0 aromatic rings. The van der Waals surface area contributed by atoms with E-state index in [1.165, 1.54) is 24.8 Å². The summed E-state index contributed by atoms with van der Waals surface area (Å²) < 4.78 is 0. The van der Waals surface area contributed by atoms with Gasteiger partial charge in [-0.25, -0.2) is 0 Å². The van der Waals surface area contributed by atoms with Gasteiger partial charge in [-0.15, -0.1) is 0 Å². The predicted molar refractivity (Wildman–Crippen MR) is 57.1 cm³/mol. The minimum atomic E-state index is 0.540. The van der Waals surface area contributed by atoms with Crippen LogP contribution in [0.25, 0.3) is 0 Å². The van der Waals surface area contributed by atoms with Gasteiger partial charge in [0.25, 0.3) is 0 Å². The number of hydrogen-bond acceptors (Lipinski definition) is 1. The summed E-state index contributed by atoms with van der Waals surface area (Å²) in [5.74, 6) is 0.638. The second kappa shape index (κ2) is 3.49. The Hall–Kier alpha value is -0.850. The Morgan fingerprint density at radius 2 is 2.15 bits per heavy atom. The Morgan fingerprint density at radius 1 is 1.31 bits per heavy atom. The average Bonchev–Trinajstić information content (AvgIpc) is 2.53. The smallest absolute Gasteiger partial charge is 0.0477 e. The third-order valence-electron chi connectivity index (χ3n) is 2.98. The van der Waals surface area contributed by atoms with E-state index in [1.807, 2.05) is 0 Å². The lowest BCUT2D eigenvalue weighted by molar-refractivity contribution is 0.637. The van der Waals surface area contributed by atoms with Crippen molar-refractivity contribution in [3.63, 3.8) is 0 Å². The molecular formula is C12H17N. The maximum atomic E-state index is 4.43. The fraction of sp³-hybridized carbons (Fsp3) is 0.583. The van der Waals surface area contributed by atoms with Crippen LogP contribution in [-0.2, 0) is 0 Å². The predicted octanol–water partition coefficient (Wildman–Crippen LogP) is 3.13. The molecule has 2 aliphatic rings. The van der Waals surface area contributed by atoms with Gasteiger partial charge in [0.15, 0.2) is 0 Å². The molecule has 0 radical (unpaired) electrons. The van der Waals surface area contributed by atoms with Gasteiger partial charge < -0.3 is 0 Å². The summed E-state index contributed by atoms with van der Waals surface area (Å²) in [4.78, 5) is 4.43. The normalized spacial score (nSPS) is 33.1. The monoisotopic (exact) mass is 175 g/mol. The Labute approximate surface area is 80.3 Å². The zero-order valence-corrected chi connectivity index (χ0v) is 8.46. The van der Waals surface area contributed by atoms with Crippen molar-refractivity contribution in [2.75, 3.05) is 0 Å². The lowest BCUT2D eigenvalue weighted by atomic mass is 9.88. The minimum absolute atomic E-state index is 0.540. The molecule has 70 valence electrons. The van der Waals surface area contributed by atoms with Crippen molar-refractivity contribution in [1.82, 2.24) is 0 Å². The van der Waals surface area contributed by atoms with Gasteiger partial charge in [-0.3, -0.25) is 4.99 Å². The van der Waals surface area contributed by atoms with Crippen LogP contribution in [0.3, 0.4) is 0 Å². The van der Waals surface area contributed by atoms with Gasteiger partial charge in [0.05, 0.1) is 0 Å². The molecule has 0 fully saturated rings. The highest BCUT2D eigenvalue weighted by Gasteiger charge is 2.20. The highest BCUT2D eigenvalue weighted by Crippen LogP contribution is 2.29. The summed E-state index contributed by atoms with van der Waals surface area (Å²) in [6, 6.07) is 0.540. The van der Waals surface area contributed by atoms with E-state index < -0.39 is 0 Å². The van der Waals surface area contributed by atoms with E-state index in [-0.39, 0.29) is 0 Å². The van der Waals surface area contributed by atoms with Crippen molar-refractivity contribution in [3.8, 4) is 0 Å². The summed E-state index contributed by atoms with van der Waals surface area (Å²) >= 11 is 0.